The number of hydrogen-bond acceptors (Lipinski definition) is 3. The van der Waals surface area contributed by atoms with E-state index >= 15 is 0 Å². The highest BCUT2D eigenvalue weighted by Gasteiger charge is 2.07. The van der Waals surface area contributed by atoms with E-state index in [9.17, 15) is 4.39 Å². The summed E-state index contributed by atoms with van der Waals surface area (Å²) < 4.78 is 24.0. The molecule has 0 unspecified atom stereocenters. The molecule has 0 spiro atoms. The molecule has 2 N–H and O–H groups in total. The number of ether oxygens (including phenoxy) is 2. The van der Waals surface area contributed by atoms with Crippen LogP contribution >= 0.6 is 0 Å². The highest BCUT2D eigenvalue weighted by atomic mass is 19.1. The Hall–Kier alpha value is -2.23. The first-order valence-corrected chi connectivity index (χ1v) is 6.47. The Morgan fingerprint density at radius 1 is 1.10 bits per heavy atom. The van der Waals surface area contributed by atoms with Gasteiger partial charge in [0.1, 0.15) is 12.4 Å². The SMILES string of the molecule is CCc1ccc(OCc2ccc(F)cc2N)c(OC)c1. The molecular weight excluding hydrogens is 257 g/mol. The van der Waals surface area contributed by atoms with Crippen LogP contribution < -0.4 is 15.2 Å². The van der Waals surface area contributed by atoms with Gasteiger partial charge in [0.15, 0.2) is 11.5 Å². The highest BCUT2D eigenvalue weighted by Crippen LogP contribution is 2.29. The summed E-state index contributed by atoms with van der Waals surface area (Å²) in [6.45, 7) is 2.35. The summed E-state index contributed by atoms with van der Waals surface area (Å²) >= 11 is 0. The van der Waals surface area contributed by atoms with Crippen LogP contribution in [-0.4, -0.2) is 7.11 Å². The average molecular weight is 275 g/mol. The van der Waals surface area contributed by atoms with Gasteiger partial charge in [-0.2, -0.15) is 0 Å². The minimum Gasteiger partial charge on any atom is -0.493 e. The Kier molecular flexibility index (Phi) is 4.45. The zero-order valence-electron chi connectivity index (χ0n) is 11.7. The van der Waals surface area contributed by atoms with E-state index in [1.54, 1.807) is 13.2 Å². The van der Waals surface area contributed by atoms with Gasteiger partial charge in [-0.1, -0.05) is 19.1 Å². The van der Waals surface area contributed by atoms with Crippen molar-refractivity contribution in [3.63, 3.8) is 0 Å². The second-order valence-electron chi connectivity index (χ2n) is 4.47. The molecule has 0 aliphatic heterocycles. The van der Waals surface area contributed by atoms with Crippen molar-refractivity contribution in [2.75, 3.05) is 12.8 Å². The van der Waals surface area contributed by atoms with Crippen LogP contribution in [0.25, 0.3) is 0 Å². The van der Waals surface area contributed by atoms with Crippen LogP contribution in [0.1, 0.15) is 18.1 Å². The molecule has 0 bridgehead atoms. The summed E-state index contributed by atoms with van der Waals surface area (Å²) in [5.41, 5.74) is 8.05. The lowest BCUT2D eigenvalue weighted by Gasteiger charge is -2.13. The number of nitrogen functional groups attached to an aromatic ring is 1. The largest absolute Gasteiger partial charge is 0.493 e. The van der Waals surface area contributed by atoms with Crippen LogP contribution in [-0.2, 0) is 13.0 Å². The van der Waals surface area contributed by atoms with Gasteiger partial charge in [-0.3, -0.25) is 0 Å². The van der Waals surface area contributed by atoms with Crippen LogP contribution in [0.2, 0.25) is 0 Å². The Morgan fingerprint density at radius 3 is 2.55 bits per heavy atom. The van der Waals surface area contributed by atoms with E-state index in [-0.39, 0.29) is 12.4 Å². The second kappa shape index (κ2) is 6.28. The minimum atomic E-state index is -0.351. The molecule has 3 nitrogen and oxygen atoms in total. The molecule has 0 aromatic heterocycles. The lowest BCUT2D eigenvalue weighted by Crippen LogP contribution is -2.02. The number of hydrogen-bond donors (Lipinski definition) is 1. The third-order valence-electron chi connectivity index (χ3n) is 3.13. The molecule has 4 heteroatoms. The standard InChI is InChI=1S/C16H18FNO2/c1-3-11-4-7-15(16(8-11)19-2)20-10-12-5-6-13(17)9-14(12)18/h4-9H,3,10,18H2,1-2H3. The topological polar surface area (TPSA) is 44.5 Å². The van der Waals surface area contributed by atoms with Gasteiger partial charge in [0, 0.05) is 11.3 Å². The maximum atomic E-state index is 13.0. The Balaban J connectivity index is 2.14. The number of aryl methyl sites for hydroxylation is 1. The maximum absolute atomic E-state index is 13.0. The Labute approximate surface area is 118 Å². The number of rotatable bonds is 5. The molecule has 0 fully saturated rings. The van der Waals surface area contributed by atoms with Crippen molar-refractivity contribution >= 4 is 5.69 Å². The van der Waals surface area contributed by atoms with Crippen molar-refractivity contribution in [3.8, 4) is 11.5 Å². The minimum absolute atomic E-state index is 0.272. The quantitative estimate of drug-likeness (QED) is 0.849. The van der Waals surface area contributed by atoms with Gasteiger partial charge in [-0.05, 0) is 36.2 Å². The third-order valence-corrected chi connectivity index (χ3v) is 3.13. The monoisotopic (exact) mass is 275 g/mol. The van der Waals surface area contributed by atoms with Gasteiger partial charge in [0.05, 0.1) is 7.11 Å². The van der Waals surface area contributed by atoms with E-state index in [1.807, 2.05) is 18.2 Å². The molecule has 0 amide bonds. The second-order valence-corrected chi connectivity index (χ2v) is 4.47. The van der Waals surface area contributed by atoms with E-state index in [2.05, 4.69) is 6.92 Å². The van der Waals surface area contributed by atoms with Gasteiger partial charge in [0.25, 0.3) is 0 Å². The Bertz CT molecular complexity index is 599. The van der Waals surface area contributed by atoms with Crippen molar-refractivity contribution in [1.29, 1.82) is 0 Å². The molecule has 0 radical (unpaired) electrons. The molecule has 0 atom stereocenters. The molecule has 106 valence electrons. The maximum Gasteiger partial charge on any atom is 0.161 e. The predicted octanol–water partition coefficient (Wildman–Crippen LogP) is 3.56. The summed E-state index contributed by atoms with van der Waals surface area (Å²) in [4.78, 5) is 0. The third kappa shape index (κ3) is 3.20. The molecule has 2 aromatic carbocycles. The molecule has 20 heavy (non-hydrogen) atoms. The van der Waals surface area contributed by atoms with E-state index in [1.165, 1.54) is 17.7 Å². The van der Waals surface area contributed by atoms with E-state index < -0.39 is 0 Å². The zero-order valence-corrected chi connectivity index (χ0v) is 11.7. The average Bonchev–Trinajstić information content (AvgIpc) is 2.46. The number of nitrogens with two attached hydrogens (primary N) is 1. The van der Waals surface area contributed by atoms with E-state index in [0.717, 1.165) is 12.0 Å². The van der Waals surface area contributed by atoms with Crippen molar-refractivity contribution in [1.82, 2.24) is 0 Å². The molecule has 0 aliphatic rings. The van der Waals surface area contributed by atoms with Crippen LogP contribution in [0.4, 0.5) is 10.1 Å². The lowest BCUT2D eigenvalue weighted by molar-refractivity contribution is 0.285. The first-order chi connectivity index (χ1) is 9.63. The zero-order chi connectivity index (χ0) is 14.5. The summed E-state index contributed by atoms with van der Waals surface area (Å²) in [6, 6.07) is 10.1. The number of benzene rings is 2. The van der Waals surface area contributed by atoms with Crippen LogP contribution in [0.3, 0.4) is 0 Å². The van der Waals surface area contributed by atoms with Crippen LogP contribution in [0, 0.1) is 5.82 Å². The summed E-state index contributed by atoms with van der Waals surface area (Å²) in [6.07, 6.45) is 0.932. The smallest absolute Gasteiger partial charge is 0.161 e. The van der Waals surface area contributed by atoms with Crippen LogP contribution in [0.5, 0.6) is 11.5 Å². The number of methoxy groups -OCH3 is 1. The molecule has 0 aliphatic carbocycles. The van der Waals surface area contributed by atoms with E-state index in [4.69, 9.17) is 15.2 Å². The van der Waals surface area contributed by atoms with Gasteiger partial charge >= 0.3 is 0 Å². The molecule has 2 rings (SSSR count). The van der Waals surface area contributed by atoms with Gasteiger partial charge < -0.3 is 15.2 Å². The van der Waals surface area contributed by atoms with Gasteiger partial charge in [-0.15, -0.1) is 0 Å². The van der Waals surface area contributed by atoms with Crippen LogP contribution in [0.15, 0.2) is 36.4 Å². The Morgan fingerprint density at radius 2 is 1.90 bits per heavy atom. The van der Waals surface area contributed by atoms with E-state index in [0.29, 0.717) is 17.2 Å². The van der Waals surface area contributed by atoms with Crippen molar-refractivity contribution in [3.05, 3.63) is 53.3 Å². The van der Waals surface area contributed by atoms with Gasteiger partial charge in [-0.25, -0.2) is 4.39 Å². The van der Waals surface area contributed by atoms with Crippen molar-refractivity contribution in [2.45, 2.75) is 20.0 Å². The highest BCUT2D eigenvalue weighted by molar-refractivity contribution is 5.47. The molecule has 2 aromatic rings. The fourth-order valence-corrected chi connectivity index (χ4v) is 1.90. The number of anilines is 1. The molecular formula is C16H18FNO2. The summed E-state index contributed by atoms with van der Waals surface area (Å²) in [5.74, 6) is 0.981. The lowest BCUT2D eigenvalue weighted by atomic mass is 10.1. The summed E-state index contributed by atoms with van der Waals surface area (Å²) in [5, 5.41) is 0. The first kappa shape index (κ1) is 14.2. The molecule has 0 saturated heterocycles. The van der Waals surface area contributed by atoms with Crippen molar-refractivity contribution < 1.29 is 13.9 Å². The molecule has 0 saturated carbocycles. The first-order valence-electron chi connectivity index (χ1n) is 6.47. The normalized spacial score (nSPS) is 10.3. The summed E-state index contributed by atoms with van der Waals surface area (Å²) in [7, 11) is 1.61. The predicted molar refractivity (Wildman–Crippen MR) is 77.5 cm³/mol. The fraction of sp³-hybridized carbons (Fsp3) is 0.250. The fourth-order valence-electron chi connectivity index (χ4n) is 1.90. The molecule has 0 heterocycles. The number of halogens is 1. The van der Waals surface area contributed by atoms with Gasteiger partial charge in [0.2, 0.25) is 0 Å². The van der Waals surface area contributed by atoms with Crippen molar-refractivity contribution in [2.24, 2.45) is 0 Å².